The van der Waals surface area contributed by atoms with Gasteiger partial charge in [-0.3, -0.25) is 0 Å². The van der Waals surface area contributed by atoms with Crippen molar-refractivity contribution in [3.63, 3.8) is 0 Å². The minimum absolute atomic E-state index is 0.738. The van der Waals surface area contributed by atoms with Gasteiger partial charge in [-0.1, -0.05) is 17.7 Å². The van der Waals surface area contributed by atoms with Crippen molar-refractivity contribution >= 4 is 33.0 Å². The fraction of sp³-hybridized carbons (Fsp3) is 0.273. The molecule has 1 N–H and O–H groups in total. The van der Waals surface area contributed by atoms with Crippen molar-refractivity contribution < 1.29 is 5.11 Å². The van der Waals surface area contributed by atoms with Crippen molar-refractivity contribution in [3.8, 4) is 0 Å². The quantitative estimate of drug-likeness (QED) is 0.785. The highest BCUT2D eigenvalue weighted by atomic mass is 35.5. The summed E-state index contributed by atoms with van der Waals surface area (Å²) in [5.41, 5.74) is 0.181. The number of hydrogen-bond acceptors (Lipinski definition) is 2. The summed E-state index contributed by atoms with van der Waals surface area (Å²) in [6.45, 7) is 3.59. The molecule has 0 saturated heterocycles. The van der Waals surface area contributed by atoms with Crippen molar-refractivity contribution in [1.29, 1.82) is 0 Å². The number of benzene rings is 1. The second-order valence-corrected chi connectivity index (χ2v) is 5.20. The maximum absolute atomic E-state index is 9.92. The van der Waals surface area contributed by atoms with Gasteiger partial charge in [0.15, 0.2) is 0 Å². The van der Waals surface area contributed by atoms with Gasteiger partial charge in [-0.15, -0.1) is 11.3 Å². The Bertz CT molecular complexity index is 468. The molecule has 0 radical (unpaired) electrons. The van der Waals surface area contributed by atoms with E-state index in [0.717, 1.165) is 20.7 Å². The first-order chi connectivity index (χ1) is 6.48. The first-order valence-electron chi connectivity index (χ1n) is 4.38. The van der Waals surface area contributed by atoms with E-state index in [-0.39, 0.29) is 0 Å². The monoisotopic (exact) mass is 226 g/mol. The molecule has 0 aliphatic rings. The van der Waals surface area contributed by atoms with Gasteiger partial charge in [0.25, 0.3) is 0 Å². The summed E-state index contributed by atoms with van der Waals surface area (Å²) in [5, 5.41) is 13.7. The number of thiophene rings is 1. The minimum atomic E-state index is -0.786. The fourth-order valence-corrected chi connectivity index (χ4v) is 2.87. The van der Waals surface area contributed by atoms with Gasteiger partial charge in [0, 0.05) is 15.3 Å². The third kappa shape index (κ3) is 1.65. The van der Waals surface area contributed by atoms with Crippen LogP contribution in [-0.4, -0.2) is 5.11 Å². The molecule has 1 aromatic carbocycles. The molecule has 0 bridgehead atoms. The van der Waals surface area contributed by atoms with Crippen LogP contribution in [0.5, 0.6) is 0 Å². The molecular weight excluding hydrogens is 216 g/mol. The minimum Gasteiger partial charge on any atom is -0.386 e. The average molecular weight is 227 g/mol. The molecule has 1 heterocycles. The highest BCUT2D eigenvalue weighted by molar-refractivity contribution is 7.17. The predicted octanol–water partition coefficient (Wildman–Crippen LogP) is 3.78. The highest BCUT2D eigenvalue weighted by Gasteiger charge is 2.19. The summed E-state index contributed by atoms with van der Waals surface area (Å²) in [5.74, 6) is 0. The first-order valence-corrected chi connectivity index (χ1v) is 5.64. The van der Waals surface area contributed by atoms with Gasteiger partial charge in [0.2, 0.25) is 0 Å². The summed E-state index contributed by atoms with van der Waals surface area (Å²) in [4.78, 5) is 0. The fourth-order valence-electron chi connectivity index (χ4n) is 1.48. The van der Waals surface area contributed by atoms with E-state index in [2.05, 4.69) is 0 Å². The molecule has 14 heavy (non-hydrogen) atoms. The molecule has 1 aromatic heterocycles. The van der Waals surface area contributed by atoms with E-state index in [1.807, 2.05) is 23.6 Å². The van der Waals surface area contributed by atoms with Crippen LogP contribution in [-0.2, 0) is 5.60 Å². The standard InChI is InChI=1S/C11H11ClOS/c1-11(2,13)9-6-14-10-5-7(12)3-4-8(9)10/h3-6,13H,1-2H3. The van der Waals surface area contributed by atoms with Crippen LogP contribution in [0.4, 0.5) is 0 Å². The van der Waals surface area contributed by atoms with Crippen LogP contribution in [0.1, 0.15) is 19.4 Å². The van der Waals surface area contributed by atoms with Crippen LogP contribution in [0.25, 0.3) is 10.1 Å². The zero-order valence-electron chi connectivity index (χ0n) is 8.04. The second kappa shape index (κ2) is 3.23. The molecule has 2 rings (SSSR count). The Kier molecular flexibility index (Phi) is 2.30. The van der Waals surface area contributed by atoms with Crippen LogP contribution in [0.3, 0.4) is 0 Å². The van der Waals surface area contributed by atoms with E-state index in [1.165, 1.54) is 0 Å². The molecule has 0 fully saturated rings. The summed E-state index contributed by atoms with van der Waals surface area (Å²) in [7, 11) is 0. The Labute approximate surface area is 91.9 Å². The van der Waals surface area contributed by atoms with E-state index in [1.54, 1.807) is 25.2 Å². The van der Waals surface area contributed by atoms with Crippen molar-refractivity contribution in [1.82, 2.24) is 0 Å². The molecule has 0 atom stereocenters. The zero-order chi connectivity index (χ0) is 10.3. The molecule has 0 amide bonds. The molecule has 3 heteroatoms. The largest absolute Gasteiger partial charge is 0.386 e. The lowest BCUT2D eigenvalue weighted by Crippen LogP contribution is -2.14. The Morgan fingerprint density at radius 3 is 2.71 bits per heavy atom. The molecular formula is C11H11ClOS. The summed E-state index contributed by atoms with van der Waals surface area (Å²) < 4.78 is 1.12. The third-order valence-electron chi connectivity index (χ3n) is 2.20. The Morgan fingerprint density at radius 2 is 2.07 bits per heavy atom. The van der Waals surface area contributed by atoms with Gasteiger partial charge in [-0.2, -0.15) is 0 Å². The molecule has 74 valence electrons. The van der Waals surface area contributed by atoms with Crippen molar-refractivity contribution in [2.45, 2.75) is 19.4 Å². The Balaban J connectivity index is 2.70. The lowest BCUT2D eigenvalue weighted by Gasteiger charge is -2.16. The van der Waals surface area contributed by atoms with Crippen LogP contribution in [0.15, 0.2) is 23.6 Å². The van der Waals surface area contributed by atoms with Gasteiger partial charge in [0.1, 0.15) is 0 Å². The number of rotatable bonds is 1. The molecule has 1 nitrogen and oxygen atoms in total. The number of fused-ring (bicyclic) bond motifs is 1. The third-order valence-corrected chi connectivity index (χ3v) is 3.38. The normalized spacial score (nSPS) is 12.3. The number of hydrogen-bond donors (Lipinski definition) is 1. The molecule has 0 saturated carbocycles. The van der Waals surface area contributed by atoms with Gasteiger partial charge >= 0.3 is 0 Å². The summed E-state index contributed by atoms with van der Waals surface area (Å²) in [6.07, 6.45) is 0. The topological polar surface area (TPSA) is 20.2 Å². The second-order valence-electron chi connectivity index (χ2n) is 3.85. The first kappa shape index (κ1) is 9.97. The van der Waals surface area contributed by atoms with Gasteiger partial charge < -0.3 is 5.11 Å². The molecule has 2 aromatic rings. The van der Waals surface area contributed by atoms with Crippen LogP contribution in [0, 0.1) is 0 Å². The summed E-state index contributed by atoms with van der Waals surface area (Å²) >= 11 is 7.50. The predicted molar refractivity (Wildman–Crippen MR) is 62.1 cm³/mol. The van der Waals surface area contributed by atoms with Crippen LogP contribution in [0.2, 0.25) is 5.02 Å². The molecule has 0 spiro atoms. The van der Waals surface area contributed by atoms with Crippen molar-refractivity contribution in [2.75, 3.05) is 0 Å². The van der Waals surface area contributed by atoms with E-state index in [4.69, 9.17) is 11.6 Å². The smallest absolute Gasteiger partial charge is 0.0854 e. The van der Waals surface area contributed by atoms with Crippen LogP contribution < -0.4 is 0 Å². The Hall–Kier alpha value is -0.570. The van der Waals surface area contributed by atoms with E-state index in [9.17, 15) is 5.11 Å². The Morgan fingerprint density at radius 1 is 1.36 bits per heavy atom. The van der Waals surface area contributed by atoms with Crippen molar-refractivity contribution in [2.24, 2.45) is 0 Å². The molecule has 0 unspecified atom stereocenters. The summed E-state index contributed by atoms with van der Waals surface area (Å²) in [6, 6.07) is 5.74. The number of halogens is 1. The number of aliphatic hydroxyl groups is 1. The maximum Gasteiger partial charge on any atom is 0.0854 e. The average Bonchev–Trinajstić information content (AvgIpc) is 2.45. The van der Waals surface area contributed by atoms with Crippen molar-refractivity contribution in [3.05, 3.63) is 34.2 Å². The maximum atomic E-state index is 9.92. The molecule has 0 aliphatic heterocycles. The lowest BCUT2D eigenvalue weighted by molar-refractivity contribution is 0.0806. The van der Waals surface area contributed by atoms with Crippen LogP contribution >= 0.6 is 22.9 Å². The van der Waals surface area contributed by atoms with Gasteiger partial charge in [0.05, 0.1) is 5.60 Å². The van der Waals surface area contributed by atoms with E-state index >= 15 is 0 Å². The van der Waals surface area contributed by atoms with Gasteiger partial charge in [-0.05, 0) is 36.7 Å². The van der Waals surface area contributed by atoms with Gasteiger partial charge in [-0.25, -0.2) is 0 Å². The van der Waals surface area contributed by atoms with E-state index in [0.29, 0.717) is 0 Å². The highest BCUT2D eigenvalue weighted by Crippen LogP contribution is 2.34. The zero-order valence-corrected chi connectivity index (χ0v) is 9.62. The SMILES string of the molecule is CC(C)(O)c1csc2cc(Cl)ccc12. The van der Waals surface area contributed by atoms with E-state index < -0.39 is 5.60 Å². The lowest BCUT2D eigenvalue weighted by atomic mass is 9.98. The molecule has 0 aliphatic carbocycles.